The fourth-order valence-corrected chi connectivity index (χ4v) is 3.08. The highest BCUT2D eigenvalue weighted by Gasteiger charge is 2.46. The summed E-state index contributed by atoms with van der Waals surface area (Å²) >= 11 is 0. The summed E-state index contributed by atoms with van der Waals surface area (Å²) < 4.78 is 5.08. The lowest BCUT2D eigenvalue weighted by Crippen LogP contribution is -2.32. The molecule has 2 aromatic rings. The number of ketones is 1. The van der Waals surface area contributed by atoms with Gasteiger partial charge in [0.05, 0.1) is 24.8 Å². The minimum atomic E-state index is -1.10. The minimum absolute atomic E-state index is 0.126. The molecule has 1 saturated heterocycles. The number of pyridine rings is 1. The van der Waals surface area contributed by atoms with Gasteiger partial charge < -0.3 is 19.8 Å². The average molecular weight is 382 g/mol. The molecule has 1 aliphatic heterocycles. The Balaban J connectivity index is 2.11. The van der Waals surface area contributed by atoms with Crippen molar-refractivity contribution in [3.8, 4) is 5.75 Å². The SMILES string of the molecule is COc1ccc(C(O)=C2C(=O)C(=O)N(CCC(=O)O)[C@H]2c2ccccn2)cc1. The van der Waals surface area contributed by atoms with Crippen molar-refractivity contribution in [2.45, 2.75) is 12.5 Å². The van der Waals surface area contributed by atoms with Crippen molar-refractivity contribution in [2.75, 3.05) is 13.7 Å². The third-order valence-electron chi connectivity index (χ3n) is 4.44. The molecule has 1 amide bonds. The molecule has 1 aromatic carbocycles. The number of carbonyl (C=O) groups is 3. The van der Waals surface area contributed by atoms with Gasteiger partial charge in [-0.3, -0.25) is 19.4 Å². The first-order valence-corrected chi connectivity index (χ1v) is 8.49. The van der Waals surface area contributed by atoms with Crippen molar-refractivity contribution in [3.63, 3.8) is 0 Å². The number of likely N-dealkylation sites (tertiary alicyclic amines) is 1. The number of aliphatic hydroxyl groups is 1. The number of aromatic nitrogens is 1. The Labute approximate surface area is 160 Å². The molecule has 0 aliphatic carbocycles. The molecule has 1 aliphatic rings. The van der Waals surface area contributed by atoms with Crippen LogP contribution in [0.25, 0.3) is 5.76 Å². The number of benzene rings is 1. The van der Waals surface area contributed by atoms with Gasteiger partial charge in [0.2, 0.25) is 0 Å². The second kappa shape index (κ2) is 7.91. The molecule has 3 rings (SSSR count). The highest BCUT2D eigenvalue weighted by molar-refractivity contribution is 6.46. The van der Waals surface area contributed by atoms with E-state index in [1.807, 2.05) is 0 Å². The molecule has 0 bridgehead atoms. The van der Waals surface area contributed by atoms with E-state index in [-0.39, 0.29) is 24.3 Å². The normalized spacial score (nSPS) is 18.3. The number of amides is 1. The van der Waals surface area contributed by atoms with E-state index in [0.717, 1.165) is 4.90 Å². The Bertz CT molecular complexity index is 937. The van der Waals surface area contributed by atoms with Crippen molar-refractivity contribution < 1.29 is 29.3 Å². The second-order valence-electron chi connectivity index (χ2n) is 6.12. The number of ether oxygens (including phenoxy) is 1. The molecular weight excluding hydrogens is 364 g/mol. The number of carboxylic acids is 1. The number of Topliss-reactive ketones (excluding diaryl/α,β-unsaturated/α-hetero) is 1. The van der Waals surface area contributed by atoms with Crippen LogP contribution < -0.4 is 4.74 Å². The van der Waals surface area contributed by atoms with E-state index in [1.54, 1.807) is 42.5 Å². The molecule has 8 nitrogen and oxygen atoms in total. The van der Waals surface area contributed by atoms with Crippen LogP contribution in [0.5, 0.6) is 5.75 Å². The molecule has 28 heavy (non-hydrogen) atoms. The van der Waals surface area contributed by atoms with E-state index in [4.69, 9.17) is 9.84 Å². The fourth-order valence-electron chi connectivity index (χ4n) is 3.08. The van der Waals surface area contributed by atoms with E-state index in [9.17, 15) is 19.5 Å². The summed E-state index contributed by atoms with van der Waals surface area (Å²) in [5.41, 5.74) is 0.569. The van der Waals surface area contributed by atoms with Gasteiger partial charge in [-0.1, -0.05) is 6.07 Å². The third-order valence-corrected chi connectivity index (χ3v) is 4.44. The largest absolute Gasteiger partial charge is 0.507 e. The van der Waals surface area contributed by atoms with Gasteiger partial charge in [0.25, 0.3) is 11.7 Å². The van der Waals surface area contributed by atoms with Crippen molar-refractivity contribution in [1.82, 2.24) is 9.88 Å². The van der Waals surface area contributed by atoms with Crippen molar-refractivity contribution in [1.29, 1.82) is 0 Å². The Hall–Kier alpha value is -3.68. The highest BCUT2D eigenvalue weighted by Crippen LogP contribution is 2.38. The summed E-state index contributed by atoms with van der Waals surface area (Å²) in [5, 5.41) is 19.8. The van der Waals surface area contributed by atoms with Crippen LogP contribution in [0.2, 0.25) is 0 Å². The summed E-state index contributed by atoms with van der Waals surface area (Å²) in [5.74, 6) is -2.63. The number of hydrogen-bond donors (Lipinski definition) is 2. The molecule has 2 heterocycles. The first-order valence-electron chi connectivity index (χ1n) is 8.49. The lowest BCUT2D eigenvalue weighted by atomic mass is 9.98. The van der Waals surface area contributed by atoms with Gasteiger partial charge in [0.1, 0.15) is 17.6 Å². The van der Waals surface area contributed by atoms with Gasteiger partial charge in [-0.15, -0.1) is 0 Å². The smallest absolute Gasteiger partial charge is 0.305 e. The third kappa shape index (κ3) is 3.57. The second-order valence-corrected chi connectivity index (χ2v) is 6.12. The van der Waals surface area contributed by atoms with Crippen LogP contribution in [-0.4, -0.2) is 51.4 Å². The number of nitrogens with zero attached hydrogens (tertiary/aromatic N) is 2. The summed E-state index contributed by atoms with van der Waals surface area (Å²) in [6, 6.07) is 10.4. The van der Waals surface area contributed by atoms with Crippen LogP contribution in [0.4, 0.5) is 0 Å². The maximum Gasteiger partial charge on any atom is 0.305 e. The lowest BCUT2D eigenvalue weighted by molar-refractivity contribution is -0.142. The summed E-state index contributed by atoms with van der Waals surface area (Å²) in [6.07, 6.45) is 1.17. The van der Waals surface area contributed by atoms with Crippen molar-refractivity contribution >= 4 is 23.4 Å². The molecular formula is C20H18N2O6. The highest BCUT2D eigenvalue weighted by atomic mass is 16.5. The lowest BCUT2D eigenvalue weighted by Gasteiger charge is -2.23. The van der Waals surface area contributed by atoms with E-state index < -0.39 is 23.7 Å². The number of carboxylic acid groups (broad SMARTS) is 1. The van der Waals surface area contributed by atoms with E-state index in [1.165, 1.54) is 13.3 Å². The fraction of sp³-hybridized carbons (Fsp3) is 0.200. The number of hydrogen-bond acceptors (Lipinski definition) is 6. The topological polar surface area (TPSA) is 117 Å². The zero-order chi connectivity index (χ0) is 20.3. The van der Waals surface area contributed by atoms with Crippen molar-refractivity contribution in [3.05, 3.63) is 65.5 Å². The summed E-state index contributed by atoms with van der Waals surface area (Å²) in [7, 11) is 1.50. The van der Waals surface area contributed by atoms with Gasteiger partial charge in [0.15, 0.2) is 0 Å². The number of aliphatic hydroxyl groups excluding tert-OH is 1. The predicted molar refractivity (Wildman–Crippen MR) is 98.5 cm³/mol. The maximum atomic E-state index is 12.7. The standard InChI is InChI=1S/C20H18N2O6/c1-28-13-7-5-12(6-8-13)18(25)16-17(14-4-2-3-10-21-14)22(11-9-15(23)24)20(27)19(16)26/h2-8,10,17,25H,9,11H2,1H3,(H,23,24)/t17-/m0/s1. The molecule has 1 aromatic heterocycles. The van der Waals surface area contributed by atoms with Gasteiger partial charge in [-0.05, 0) is 36.4 Å². The van der Waals surface area contributed by atoms with E-state index in [2.05, 4.69) is 4.98 Å². The van der Waals surface area contributed by atoms with Crippen LogP contribution in [-0.2, 0) is 14.4 Å². The predicted octanol–water partition coefficient (Wildman–Crippen LogP) is 1.99. The molecule has 0 spiro atoms. The van der Waals surface area contributed by atoms with Crippen LogP contribution >= 0.6 is 0 Å². The molecule has 2 N–H and O–H groups in total. The quantitative estimate of drug-likeness (QED) is 0.446. The molecule has 8 heteroatoms. The Morgan fingerprint density at radius 3 is 2.43 bits per heavy atom. The average Bonchev–Trinajstić information content (AvgIpc) is 2.97. The molecule has 144 valence electrons. The Morgan fingerprint density at radius 1 is 1.14 bits per heavy atom. The summed E-state index contributed by atoms with van der Waals surface area (Å²) in [6.45, 7) is -0.180. The minimum Gasteiger partial charge on any atom is -0.507 e. The van der Waals surface area contributed by atoms with E-state index >= 15 is 0 Å². The maximum absolute atomic E-state index is 12.7. The van der Waals surface area contributed by atoms with E-state index in [0.29, 0.717) is 17.0 Å². The number of rotatable bonds is 6. The number of methoxy groups -OCH3 is 1. The Morgan fingerprint density at radius 2 is 1.86 bits per heavy atom. The van der Waals surface area contributed by atoms with Gasteiger partial charge >= 0.3 is 5.97 Å². The van der Waals surface area contributed by atoms with Gasteiger partial charge in [-0.25, -0.2) is 0 Å². The summed E-state index contributed by atoms with van der Waals surface area (Å²) in [4.78, 5) is 41.5. The van der Waals surface area contributed by atoms with Gasteiger partial charge in [0, 0.05) is 18.3 Å². The molecule has 0 unspecified atom stereocenters. The van der Waals surface area contributed by atoms with Crippen LogP contribution in [0.15, 0.2) is 54.2 Å². The molecule has 0 radical (unpaired) electrons. The number of aliphatic carboxylic acids is 1. The Kier molecular flexibility index (Phi) is 5.39. The van der Waals surface area contributed by atoms with Crippen molar-refractivity contribution in [2.24, 2.45) is 0 Å². The number of carbonyl (C=O) groups excluding carboxylic acids is 2. The first kappa shape index (κ1) is 19.1. The molecule has 1 atom stereocenters. The monoisotopic (exact) mass is 382 g/mol. The molecule has 1 fully saturated rings. The first-order chi connectivity index (χ1) is 13.4. The zero-order valence-electron chi connectivity index (χ0n) is 15.0. The van der Waals surface area contributed by atoms with Crippen LogP contribution in [0.3, 0.4) is 0 Å². The van der Waals surface area contributed by atoms with Crippen LogP contribution in [0, 0.1) is 0 Å². The zero-order valence-corrected chi connectivity index (χ0v) is 15.0. The molecule has 0 saturated carbocycles. The van der Waals surface area contributed by atoms with Gasteiger partial charge in [-0.2, -0.15) is 0 Å². The van der Waals surface area contributed by atoms with Crippen LogP contribution in [0.1, 0.15) is 23.7 Å².